The van der Waals surface area contributed by atoms with Gasteiger partial charge in [0.2, 0.25) is 0 Å². The monoisotopic (exact) mass is 497 g/mol. The van der Waals surface area contributed by atoms with Crippen molar-refractivity contribution < 1.29 is 17.9 Å². The lowest BCUT2D eigenvalue weighted by Gasteiger charge is -2.26. The van der Waals surface area contributed by atoms with Gasteiger partial charge in [0.15, 0.2) is 5.82 Å². The zero-order valence-corrected chi connectivity index (χ0v) is 19.4. The van der Waals surface area contributed by atoms with Gasteiger partial charge in [-0.25, -0.2) is 9.97 Å². The van der Waals surface area contributed by atoms with Crippen molar-refractivity contribution in [2.24, 2.45) is 0 Å². The smallest absolute Gasteiger partial charge is 0.406 e. The van der Waals surface area contributed by atoms with Crippen LogP contribution in [-0.2, 0) is 6.54 Å². The number of anilines is 2. The van der Waals surface area contributed by atoms with Crippen LogP contribution in [0.4, 0.5) is 24.7 Å². The summed E-state index contributed by atoms with van der Waals surface area (Å²) in [6.07, 6.45) is -1.43. The van der Waals surface area contributed by atoms with Gasteiger partial charge in [0, 0.05) is 66.2 Å². The minimum Gasteiger partial charge on any atom is -0.406 e. The van der Waals surface area contributed by atoms with Gasteiger partial charge >= 0.3 is 6.36 Å². The number of hydrogen-bond acceptors (Lipinski definition) is 7. The standard InChI is InChI=1S/C25H22F3N5OS/c26-25(27,28)34-20-5-1-4-19(14-20)30-24-21-13-17(16-33-9-11-35-12-10-33)6-7-22(21)31-23(32-24)18-3-2-8-29-15-18/h1-8,13-15H,9-12,16H2,(H,30,31,32). The summed E-state index contributed by atoms with van der Waals surface area (Å²) >= 11 is 1.96. The molecule has 35 heavy (non-hydrogen) atoms. The third-order valence-corrected chi connectivity index (χ3v) is 6.46. The van der Waals surface area contributed by atoms with E-state index in [1.165, 1.54) is 18.2 Å². The Balaban J connectivity index is 1.53. The van der Waals surface area contributed by atoms with E-state index in [-0.39, 0.29) is 5.75 Å². The number of aromatic nitrogens is 3. The molecular weight excluding hydrogens is 475 g/mol. The zero-order chi connectivity index (χ0) is 24.3. The van der Waals surface area contributed by atoms with E-state index in [0.29, 0.717) is 17.3 Å². The minimum atomic E-state index is -4.77. The van der Waals surface area contributed by atoms with Crippen molar-refractivity contribution >= 4 is 34.2 Å². The second-order valence-electron chi connectivity index (χ2n) is 8.08. The molecule has 1 saturated heterocycles. The van der Waals surface area contributed by atoms with Crippen molar-refractivity contribution in [3.8, 4) is 17.1 Å². The summed E-state index contributed by atoms with van der Waals surface area (Å²) in [5, 5.41) is 3.96. The first-order chi connectivity index (χ1) is 16.9. The van der Waals surface area contributed by atoms with Crippen LogP contribution in [0.25, 0.3) is 22.3 Å². The zero-order valence-electron chi connectivity index (χ0n) is 18.6. The van der Waals surface area contributed by atoms with E-state index in [1.807, 2.05) is 30.0 Å². The van der Waals surface area contributed by atoms with Crippen LogP contribution < -0.4 is 10.1 Å². The number of halogens is 3. The molecule has 1 aliphatic rings. The number of nitrogens with one attached hydrogen (secondary N) is 1. The van der Waals surface area contributed by atoms with Crippen molar-refractivity contribution in [1.82, 2.24) is 19.9 Å². The summed E-state index contributed by atoms with van der Waals surface area (Å²) in [6.45, 7) is 2.89. The Bertz CT molecular complexity index is 1310. The number of nitrogens with zero attached hydrogens (tertiary/aromatic N) is 4. The molecule has 6 nitrogen and oxygen atoms in total. The lowest BCUT2D eigenvalue weighted by atomic mass is 10.1. The second-order valence-corrected chi connectivity index (χ2v) is 9.30. The maximum atomic E-state index is 12.7. The van der Waals surface area contributed by atoms with Crippen LogP contribution in [0.2, 0.25) is 0 Å². The number of fused-ring (bicyclic) bond motifs is 1. The fraction of sp³-hybridized carbons (Fsp3) is 0.240. The van der Waals surface area contributed by atoms with Crippen molar-refractivity contribution in [1.29, 1.82) is 0 Å². The molecule has 1 aliphatic heterocycles. The highest BCUT2D eigenvalue weighted by Crippen LogP contribution is 2.31. The lowest BCUT2D eigenvalue weighted by molar-refractivity contribution is -0.274. The molecule has 0 unspecified atom stereocenters. The van der Waals surface area contributed by atoms with E-state index >= 15 is 0 Å². The maximum absolute atomic E-state index is 12.7. The number of thioether (sulfide) groups is 1. The van der Waals surface area contributed by atoms with Gasteiger partial charge in [-0.1, -0.05) is 12.1 Å². The first-order valence-corrected chi connectivity index (χ1v) is 12.2. The van der Waals surface area contributed by atoms with Crippen LogP contribution in [0.1, 0.15) is 5.56 Å². The molecular formula is C25H22F3N5OS. The number of hydrogen-bond donors (Lipinski definition) is 1. The molecule has 0 bridgehead atoms. The molecule has 4 aromatic rings. The summed E-state index contributed by atoms with van der Waals surface area (Å²) < 4.78 is 42.2. The molecule has 5 rings (SSSR count). The Morgan fingerprint density at radius 3 is 2.63 bits per heavy atom. The Morgan fingerprint density at radius 2 is 1.86 bits per heavy atom. The number of pyridine rings is 1. The fourth-order valence-electron chi connectivity index (χ4n) is 3.92. The van der Waals surface area contributed by atoms with E-state index in [0.717, 1.165) is 53.2 Å². The number of ether oxygens (including phenoxy) is 1. The van der Waals surface area contributed by atoms with Crippen LogP contribution in [0.5, 0.6) is 5.75 Å². The van der Waals surface area contributed by atoms with E-state index in [4.69, 9.17) is 9.97 Å². The highest BCUT2D eigenvalue weighted by atomic mass is 32.2. The molecule has 10 heteroatoms. The number of rotatable bonds is 6. The maximum Gasteiger partial charge on any atom is 0.573 e. The van der Waals surface area contributed by atoms with Crippen LogP contribution in [-0.4, -0.2) is 50.8 Å². The van der Waals surface area contributed by atoms with E-state index < -0.39 is 6.36 Å². The second kappa shape index (κ2) is 10.1. The minimum absolute atomic E-state index is 0.308. The van der Waals surface area contributed by atoms with Gasteiger partial charge in [0.05, 0.1) is 5.52 Å². The van der Waals surface area contributed by atoms with Crippen molar-refractivity contribution in [3.05, 3.63) is 72.6 Å². The molecule has 2 aromatic heterocycles. The largest absolute Gasteiger partial charge is 0.573 e. The molecule has 1 N–H and O–H groups in total. The highest BCUT2D eigenvalue weighted by Gasteiger charge is 2.31. The highest BCUT2D eigenvalue weighted by molar-refractivity contribution is 7.99. The van der Waals surface area contributed by atoms with E-state index in [9.17, 15) is 13.2 Å². The van der Waals surface area contributed by atoms with Crippen molar-refractivity contribution in [2.75, 3.05) is 29.9 Å². The lowest BCUT2D eigenvalue weighted by Crippen LogP contribution is -2.31. The van der Waals surface area contributed by atoms with Crippen LogP contribution in [0.3, 0.4) is 0 Å². The van der Waals surface area contributed by atoms with Gasteiger partial charge in [-0.05, 0) is 42.0 Å². The van der Waals surface area contributed by atoms with Gasteiger partial charge in [-0.2, -0.15) is 11.8 Å². The first kappa shape index (κ1) is 23.4. The first-order valence-electron chi connectivity index (χ1n) is 11.1. The Hall–Kier alpha value is -3.37. The summed E-state index contributed by atoms with van der Waals surface area (Å²) in [6, 6.07) is 15.4. The predicted molar refractivity (Wildman–Crippen MR) is 132 cm³/mol. The third-order valence-electron chi connectivity index (χ3n) is 5.52. The average molecular weight is 498 g/mol. The summed E-state index contributed by atoms with van der Waals surface area (Å²) in [5.41, 5.74) is 3.00. The third kappa shape index (κ3) is 6.01. The number of alkyl halides is 3. The Kier molecular flexibility index (Phi) is 6.74. The van der Waals surface area contributed by atoms with Gasteiger partial charge in [-0.15, -0.1) is 13.2 Å². The molecule has 0 atom stereocenters. The Morgan fingerprint density at radius 1 is 1.00 bits per heavy atom. The van der Waals surface area contributed by atoms with Crippen molar-refractivity contribution in [3.63, 3.8) is 0 Å². The van der Waals surface area contributed by atoms with Crippen molar-refractivity contribution in [2.45, 2.75) is 12.9 Å². The Labute approximate surface area is 204 Å². The van der Waals surface area contributed by atoms with Gasteiger partial charge in [0.1, 0.15) is 11.6 Å². The van der Waals surface area contributed by atoms with E-state index in [2.05, 4.69) is 26.0 Å². The topological polar surface area (TPSA) is 63.2 Å². The molecule has 3 heterocycles. The van der Waals surface area contributed by atoms with E-state index in [1.54, 1.807) is 24.5 Å². The fourth-order valence-corrected chi connectivity index (χ4v) is 4.90. The molecule has 0 spiro atoms. The van der Waals surface area contributed by atoms with Crippen LogP contribution in [0, 0.1) is 0 Å². The van der Waals surface area contributed by atoms with Gasteiger partial charge in [0.25, 0.3) is 0 Å². The van der Waals surface area contributed by atoms with Crippen LogP contribution >= 0.6 is 11.8 Å². The summed E-state index contributed by atoms with van der Waals surface area (Å²) in [4.78, 5) is 16.0. The average Bonchev–Trinajstić information content (AvgIpc) is 2.84. The normalized spacial score (nSPS) is 14.7. The van der Waals surface area contributed by atoms with Crippen LogP contribution in [0.15, 0.2) is 67.0 Å². The molecule has 180 valence electrons. The summed E-state index contributed by atoms with van der Waals surface area (Å²) in [7, 11) is 0. The molecule has 0 saturated carbocycles. The summed E-state index contributed by atoms with van der Waals surface area (Å²) in [5.74, 6) is 2.89. The van der Waals surface area contributed by atoms with Gasteiger partial charge < -0.3 is 10.1 Å². The molecule has 0 radical (unpaired) electrons. The molecule has 1 fully saturated rings. The molecule has 0 aliphatic carbocycles. The molecule has 2 aromatic carbocycles. The molecule has 0 amide bonds. The SMILES string of the molecule is FC(F)(F)Oc1cccc(Nc2nc(-c3cccnc3)nc3ccc(CN4CCSCC4)cc23)c1. The van der Waals surface area contributed by atoms with Gasteiger partial charge in [-0.3, -0.25) is 9.88 Å². The quantitative estimate of drug-likeness (QED) is 0.357. The number of benzene rings is 2. The predicted octanol–water partition coefficient (Wildman–Crippen LogP) is 5.88.